The lowest BCUT2D eigenvalue weighted by molar-refractivity contribution is 0.0937. The first kappa shape index (κ1) is 14.2. The normalized spacial score (nSPS) is 12.5. The molecular formula is C15H18N6O. The number of nitrogens with one attached hydrogen (secondary N) is 1. The zero-order valence-electron chi connectivity index (χ0n) is 12.8. The quantitative estimate of drug-likeness (QED) is 0.789. The predicted molar refractivity (Wildman–Crippen MR) is 81.6 cm³/mol. The highest BCUT2D eigenvalue weighted by atomic mass is 16.1. The van der Waals surface area contributed by atoms with E-state index in [9.17, 15) is 4.79 Å². The molecule has 0 saturated carbocycles. The number of fused-ring (bicyclic) bond motifs is 1. The summed E-state index contributed by atoms with van der Waals surface area (Å²) in [5.41, 5.74) is 2.88. The molecule has 3 aromatic heterocycles. The molecule has 0 aliphatic rings. The molecule has 3 heterocycles. The van der Waals surface area contributed by atoms with Gasteiger partial charge in [0.15, 0.2) is 5.65 Å². The number of hydrogen-bond donors (Lipinski definition) is 1. The summed E-state index contributed by atoms with van der Waals surface area (Å²) in [5, 5.41) is 11.3. The summed E-state index contributed by atoms with van der Waals surface area (Å²) in [7, 11) is 0. The van der Waals surface area contributed by atoms with Crippen molar-refractivity contribution in [3.8, 4) is 0 Å². The average Bonchev–Trinajstić information content (AvgIpc) is 3.07. The van der Waals surface area contributed by atoms with Crippen LogP contribution in [0.1, 0.15) is 28.7 Å². The molecule has 1 N–H and O–H groups in total. The number of nitrogens with zero attached hydrogens (tertiary/aromatic N) is 5. The van der Waals surface area contributed by atoms with E-state index in [0.717, 1.165) is 11.4 Å². The van der Waals surface area contributed by atoms with Gasteiger partial charge in [0.2, 0.25) is 0 Å². The minimum atomic E-state index is -0.174. The van der Waals surface area contributed by atoms with Gasteiger partial charge in [-0.15, -0.1) is 0 Å². The van der Waals surface area contributed by atoms with Gasteiger partial charge in [-0.3, -0.25) is 9.48 Å². The van der Waals surface area contributed by atoms with Crippen LogP contribution in [0.2, 0.25) is 0 Å². The Hall–Kier alpha value is -2.70. The molecule has 1 amide bonds. The van der Waals surface area contributed by atoms with E-state index in [4.69, 9.17) is 0 Å². The van der Waals surface area contributed by atoms with Gasteiger partial charge in [-0.1, -0.05) is 0 Å². The van der Waals surface area contributed by atoms with Gasteiger partial charge in [0.1, 0.15) is 5.56 Å². The number of carbonyl (C=O) groups excluding carboxylic acids is 1. The molecule has 22 heavy (non-hydrogen) atoms. The van der Waals surface area contributed by atoms with Gasteiger partial charge >= 0.3 is 0 Å². The molecule has 0 aliphatic heterocycles. The van der Waals surface area contributed by atoms with Gasteiger partial charge in [0, 0.05) is 29.8 Å². The number of rotatable bonds is 4. The van der Waals surface area contributed by atoms with Crippen LogP contribution in [-0.4, -0.2) is 36.3 Å². The van der Waals surface area contributed by atoms with E-state index in [0.29, 0.717) is 17.8 Å². The average molecular weight is 298 g/mol. The maximum atomic E-state index is 12.4. The zero-order valence-corrected chi connectivity index (χ0v) is 12.8. The van der Waals surface area contributed by atoms with Crippen molar-refractivity contribution in [1.82, 2.24) is 29.7 Å². The highest BCUT2D eigenvalue weighted by molar-refractivity contribution is 5.99. The third-order valence-electron chi connectivity index (χ3n) is 3.42. The van der Waals surface area contributed by atoms with Crippen molar-refractivity contribution in [2.24, 2.45) is 0 Å². The molecule has 3 aromatic rings. The Morgan fingerprint density at radius 2 is 2.18 bits per heavy atom. The van der Waals surface area contributed by atoms with E-state index in [-0.39, 0.29) is 11.9 Å². The number of aryl methyl sites for hydroxylation is 2. The van der Waals surface area contributed by atoms with Crippen molar-refractivity contribution in [2.45, 2.75) is 33.4 Å². The summed E-state index contributed by atoms with van der Waals surface area (Å²) >= 11 is 0. The number of carbonyl (C=O) groups is 1. The zero-order chi connectivity index (χ0) is 15.7. The summed E-state index contributed by atoms with van der Waals surface area (Å²) in [6.07, 6.45) is 5.15. The summed E-state index contributed by atoms with van der Waals surface area (Å²) in [6.45, 7) is 6.40. The summed E-state index contributed by atoms with van der Waals surface area (Å²) < 4.78 is 3.47. The highest BCUT2D eigenvalue weighted by Crippen LogP contribution is 2.12. The maximum absolute atomic E-state index is 12.4. The summed E-state index contributed by atoms with van der Waals surface area (Å²) in [6, 6.07) is 3.74. The standard InChI is InChI=1S/C15H18N6O/c1-10-7-12(3)21-14(18-10)13(8-17-21)15(22)19-11(2)9-20-6-4-5-16-20/h4-8,11H,9H2,1-3H3,(H,19,22)/t11-/m1/s1. The van der Waals surface area contributed by atoms with Crippen LogP contribution in [0.5, 0.6) is 0 Å². The van der Waals surface area contributed by atoms with Crippen LogP contribution in [0.3, 0.4) is 0 Å². The Labute approximate surface area is 128 Å². The lowest BCUT2D eigenvalue weighted by atomic mass is 10.2. The molecule has 0 radical (unpaired) electrons. The number of aromatic nitrogens is 5. The Bertz CT molecular complexity index is 805. The van der Waals surface area contributed by atoms with Gasteiger partial charge in [0.25, 0.3) is 5.91 Å². The van der Waals surface area contributed by atoms with Crippen LogP contribution in [0.25, 0.3) is 5.65 Å². The van der Waals surface area contributed by atoms with E-state index < -0.39 is 0 Å². The Morgan fingerprint density at radius 1 is 1.36 bits per heavy atom. The van der Waals surface area contributed by atoms with Crippen molar-refractivity contribution in [3.05, 3.63) is 47.7 Å². The van der Waals surface area contributed by atoms with E-state index in [1.165, 1.54) is 0 Å². The molecule has 114 valence electrons. The van der Waals surface area contributed by atoms with Crippen molar-refractivity contribution < 1.29 is 4.79 Å². The molecule has 1 atom stereocenters. The largest absolute Gasteiger partial charge is 0.348 e. The van der Waals surface area contributed by atoms with Gasteiger partial charge in [-0.25, -0.2) is 9.50 Å². The molecular weight excluding hydrogens is 280 g/mol. The molecule has 0 unspecified atom stereocenters. The molecule has 0 bridgehead atoms. The van der Waals surface area contributed by atoms with Gasteiger partial charge < -0.3 is 5.32 Å². The lowest BCUT2D eigenvalue weighted by Gasteiger charge is -2.13. The smallest absolute Gasteiger partial charge is 0.257 e. The first-order valence-electron chi connectivity index (χ1n) is 7.15. The molecule has 0 saturated heterocycles. The Balaban J connectivity index is 1.80. The fourth-order valence-electron chi connectivity index (χ4n) is 2.47. The van der Waals surface area contributed by atoms with Crippen LogP contribution < -0.4 is 5.32 Å². The van der Waals surface area contributed by atoms with E-state index in [1.807, 2.05) is 39.1 Å². The van der Waals surface area contributed by atoms with Crippen molar-refractivity contribution >= 4 is 11.6 Å². The molecule has 7 heteroatoms. The van der Waals surface area contributed by atoms with Crippen LogP contribution in [0.4, 0.5) is 0 Å². The third kappa shape index (κ3) is 2.69. The van der Waals surface area contributed by atoms with Gasteiger partial charge in [-0.05, 0) is 32.9 Å². The monoisotopic (exact) mass is 298 g/mol. The summed E-state index contributed by atoms with van der Waals surface area (Å²) in [5.74, 6) is -0.174. The maximum Gasteiger partial charge on any atom is 0.257 e. The lowest BCUT2D eigenvalue weighted by Crippen LogP contribution is -2.35. The number of amides is 1. The van der Waals surface area contributed by atoms with Crippen molar-refractivity contribution in [1.29, 1.82) is 0 Å². The molecule has 0 aromatic carbocycles. The van der Waals surface area contributed by atoms with Crippen LogP contribution in [0, 0.1) is 13.8 Å². The van der Waals surface area contributed by atoms with E-state index in [1.54, 1.807) is 21.6 Å². The topological polar surface area (TPSA) is 77.1 Å². The molecule has 0 fully saturated rings. The van der Waals surface area contributed by atoms with Crippen molar-refractivity contribution in [3.63, 3.8) is 0 Å². The fourth-order valence-corrected chi connectivity index (χ4v) is 2.47. The fraction of sp³-hybridized carbons (Fsp3) is 0.333. The third-order valence-corrected chi connectivity index (χ3v) is 3.42. The molecule has 3 rings (SSSR count). The molecule has 0 spiro atoms. The second kappa shape index (κ2) is 5.59. The minimum Gasteiger partial charge on any atom is -0.348 e. The van der Waals surface area contributed by atoms with E-state index in [2.05, 4.69) is 20.5 Å². The first-order valence-corrected chi connectivity index (χ1v) is 7.15. The van der Waals surface area contributed by atoms with E-state index >= 15 is 0 Å². The summed E-state index contributed by atoms with van der Waals surface area (Å²) in [4.78, 5) is 16.9. The predicted octanol–water partition coefficient (Wildman–Crippen LogP) is 1.36. The Kier molecular flexibility index (Phi) is 3.62. The molecule has 0 aliphatic carbocycles. The highest BCUT2D eigenvalue weighted by Gasteiger charge is 2.17. The van der Waals surface area contributed by atoms with Crippen LogP contribution in [0.15, 0.2) is 30.7 Å². The number of hydrogen-bond acceptors (Lipinski definition) is 4. The molecule has 7 nitrogen and oxygen atoms in total. The van der Waals surface area contributed by atoms with Crippen LogP contribution in [-0.2, 0) is 6.54 Å². The van der Waals surface area contributed by atoms with Gasteiger partial charge in [0.05, 0.1) is 12.7 Å². The Morgan fingerprint density at radius 3 is 2.91 bits per heavy atom. The second-order valence-electron chi connectivity index (χ2n) is 5.44. The minimum absolute atomic E-state index is 0.0479. The van der Waals surface area contributed by atoms with Gasteiger partial charge in [-0.2, -0.15) is 10.2 Å². The second-order valence-corrected chi connectivity index (χ2v) is 5.44. The van der Waals surface area contributed by atoms with Crippen LogP contribution >= 0.6 is 0 Å². The van der Waals surface area contributed by atoms with Crippen molar-refractivity contribution in [2.75, 3.05) is 0 Å². The first-order chi connectivity index (χ1) is 10.5. The SMILES string of the molecule is Cc1cc(C)n2ncc(C(=O)N[C@H](C)Cn3cccn3)c2n1.